The molecule has 26 heavy (non-hydrogen) atoms. The fourth-order valence-corrected chi connectivity index (χ4v) is 2.91. The topological polar surface area (TPSA) is 91.0 Å². The molecule has 1 aromatic rings. The first-order valence-corrected chi connectivity index (χ1v) is 8.66. The average Bonchev–Trinajstić information content (AvgIpc) is 2.59. The summed E-state index contributed by atoms with van der Waals surface area (Å²) >= 11 is 0. The molecule has 0 atom stereocenters. The Morgan fingerprint density at radius 3 is 2.42 bits per heavy atom. The molecule has 0 aliphatic carbocycles. The highest BCUT2D eigenvalue weighted by Gasteiger charge is 2.27. The Hall–Kier alpha value is -2.77. The van der Waals surface area contributed by atoms with Gasteiger partial charge in [-0.1, -0.05) is 0 Å². The molecule has 2 aliphatic heterocycles. The van der Waals surface area contributed by atoms with Crippen molar-refractivity contribution in [2.45, 2.75) is 26.3 Å². The van der Waals surface area contributed by atoms with Crippen molar-refractivity contribution in [2.24, 2.45) is 0 Å². The van der Waals surface area contributed by atoms with Crippen molar-refractivity contribution in [1.82, 2.24) is 15.1 Å². The maximum Gasteiger partial charge on any atom is 0.317 e. The number of benzene rings is 1. The van der Waals surface area contributed by atoms with Crippen LogP contribution in [0.3, 0.4) is 0 Å². The normalized spacial score (nSPS) is 17.1. The molecule has 3 rings (SSSR count). The van der Waals surface area contributed by atoms with E-state index in [0.717, 1.165) is 0 Å². The van der Waals surface area contributed by atoms with E-state index in [2.05, 4.69) is 10.6 Å². The SMILES string of the molecule is CC(C)(C)NC(=O)N1CCN(C(=O)c2ccc3c(c2)NC(=O)CO3)CC1. The number of anilines is 1. The number of piperazine rings is 1. The second-order valence-corrected chi connectivity index (χ2v) is 7.51. The minimum Gasteiger partial charge on any atom is -0.482 e. The van der Waals surface area contributed by atoms with Crippen molar-refractivity contribution >= 4 is 23.5 Å². The zero-order valence-corrected chi connectivity index (χ0v) is 15.3. The Labute approximate surface area is 152 Å². The summed E-state index contributed by atoms with van der Waals surface area (Å²) in [6, 6.07) is 4.90. The van der Waals surface area contributed by atoms with Gasteiger partial charge in [-0.3, -0.25) is 9.59 Å². The summed E-state index contributed by atoms with van der Waals surface area (Å²) in [5.41, 5.74) is 0.706. The first kappa shape index (κ1) is 18.0. The zero-order chi connectivity index (χ0) is 18.9. The van der Waals surface area contributed by atoms with Gasteiger partial charge in [-0.05, 0) is 39.0 Å². The van der Waals surface area contributed by atoms with Crippen LogP contribution in [-0.4, -0.2) is 66.0 Å². The van der Waals surface area contributed by atoms with Crippen molar-refractivity contribution in [3.63, 3.8) is 0 Å². The number of nitrogens with zero attached hydrogens (tertiary/aromatic N) is 2. The fourth-order valence-electron chi connectivity index (χ4n) is 2.91. The molecule has 1 aromatic carbocycles. The van der Waals surface area contributed by atoms with E-state index in [1.807, 2.05) is 20.8 Å². The molecule has 0 radical (unpaired) electrons. The predicted octanol–water partition coefficient (Wildman–Crippen LogP) is 1.28. The molecule has 8 nitrogen and oxygen atoms in total. The highest BCUT2D eigenvalue weighted by Crippen LogP contribution is 2.29. The van der Waals surface area contributed by atoms with Crippen LogP contribution in [0.2, 0.25) is 0 Å². The van der Waals surface area contributed by atoms with E-state index in [4.69, 9.17) is 4.74 Å². The molecule has 2 heterocycles. The van der Waals surface area contributed by atoms with E-state index in [-0.39, 0.29) is 30.0 Å². The number of carbonyl (C=O) groups is 3. The summed E-state index contributed by atoms with van der Waals surface area (Å²) in [6.45, 7) is 7.69. The number of urea groups is 1. The van der Waals surface area contributed by atoms with Gasteiger partial charge in [-0.2, -0.15) is 0 Å². The molecule has 2 aliphatic rings. The molecule has 2 N–H and O–H groups in total. The smallest absolute Gasteiger partial charge is 0.317 e. The molecular formula is C18H24N4O4. The second-order valence-electron chi connectivity index (χ2n) is 7.51. The van der Waals surface area contributed by atoms with Crippen molar-refractivity contribution < 1.29 is 19.1 Å². The van der Waals surface area contributed by atoms with Crippen LogP contribution in [0.4, 0.5) is 10.5 Å². The lowest BCUT2D eigenvalue weighted by molar-refractivity contribution is -0.118. The number of ether oxygens (including phenoxy) is 1. The van der Waals surface area contributed by atoms with Crippen LogP contribution in [0.15, 0.2) is 18.2 Å². The third-order valence-electron chi connectivity index (χ3n) is 4.20. The summed E-state index contributed by atoms with van der Waals surface area (Å²) in [7, 11) is 0. The van der Waals surface area contributed by atoms with E-state index in [0.29, 0.717) is 43.2 Å². The maximum absolute atomic E-state index is 12.7. The van der Waals surface area contributed by atoms with Gasteiger partial charge in [-0.25, -0.2) is 4.79 Å². The van der Waals surface area contributed by atoms with Gasteiger partial charge in [0.15, 0.2) is 6.61 Å². The zero-order valence-electron chi connectivity index (χ0n) is 15.3. The third-order valence-corrected chi connectivity index (χ3v) is 4.20. The Bertz CT molecular complexity index is 733. The number of carbonyl (C=O) groups excluding carboxylic acids is 3. The van der Waals surface area contributed by atoms with Gasteiger partial charge in [0.05, 0.1) is 5.69 Å². The minimum atomic E-state index is -0.292. The molecule has 140 valence electrons. The number of hydrogen-bond acceptors (Lipinski definition) is 4. The summed E-state index contributed by atoms with van der Waals surface area (Å²) in [4.78, 5) is 39.8. The fraction of sp³-hybridized carbons (Fsp3) is 0.500. The standard InChI is InChI=1S/C18H24N4O4/c1-18(2,3)20-17(25)22-8-6-21(7-9-22)16(24)12-4-5-14-13(10-12)19-15(23)11-26-14/h4-5,10H,6-9,11H2,1-3H3,(H,19,23)(H,20,25). The summed E-state index contributed by atoms with van der Waals surface area (Å²) in [6.07, 6.45) is 0. The summed E-state index contributed by atoms with van der Waals surface area (Å²) in [5, 5.41) is 5.64. The van der Waals surface area contributed by atoms with Gasteiger partial charge >= 0.3 is 6.03 Å². The van der Waals surface area contributed by atoms with Gasteiger partial charge in [0.2, 0.25) is 0 Å². The van der Waals surface area contributed by atoms with Crippen LogP contribution in [0.1, 0.15) is 31.1 Å². The van der Waals surface area contributed by atoms with Crippen LogP contribution in [0.5, 0.6) is 5.75 Å². The quantitative estimate of drug-likeness (QED) is 0.789. The van der Waals surface area contributed by atoms with E-state index < -0.39 is 0 Å². The van der Waals surface area contributed by atoms with Crippen molar-refractivity contribution in [2.75, 3.05) is 38.1 Å². The Morgan fingerprint density at radius 1 is 1.12 bits per heavy atom. The van der Waals surface area contributed by atoms with E-state index >= 15 is 0 Å². The molecule has 1 fully saturated rings. The van der Waals surface area contributed by atoms with Crippen molar-refractivity contribution in [3.8, 4) is 5.75 Å². The number of fused-ring (bicyclic) bond motifs is 1. The maximum atomic E-state index is 12.7. The second kappa shape index (κ2) is 6.86. The van der Waals surface area contributed by atoms with E-state index in [1.54, 1.807) is 28.0 Å². The molecule has 0 bridgehead atoms. The lowest BCUT2D eigenvalue weighted by Crippen LogP contribution is -2.56. The van der Waals surface area contributed by atoms with Crippen LogP contribution >= 0.6 is 0 Å². The average molecular weight is 360 g/mol. The van der Waals surface area contributed by atoms with Crippen molar-refractivity contribution in [3.05, 3.63) is 23.8 Å². The lowest BCUT2D eigenvalue weighted by atomic mass is 10.1. The van der Waals surface area contributed by atoms with Crippen LogP contribution < -0.4 is 15.4 Å². The van der Waals surface area contributed by atoms with E-state index in [1.165, 1.54) is 0 Å². The van der Waals surface area contributed by atoms with Crippen LogP contribution in [0, 0.1) is 0 Å². The molecule has 0 aromatic heterocycles. The predicted molar refractivity (Wildman–Crippen MR) is 96.3 cm³/mol. The Morgan fingerprint density at radius 2 is 1.77 bits per heavy atom. The van der Waals surface area contributed by atoms with Gasteiger partial charge in [0, 0.05) is 37.3 Å². The Balaban J connectivity index is 1.61. The van der Waals surface area contributed by atoms with Gasteiger partial charge in [0.25, 0.3) is 11.8 Å². The third kappa shape index (κ3) is 4.07. The number of hydrogen-bond donors (Lipinski definition) is 2. The number of nitrogens with one attached hydrogen (secondary N) is 2. The monoisotopic (exact) mass is 360 g/mol. The van der Waals surface area contributed by atoms with Gasteiger partial charge in [-0.15, -0.1) is 0 Å². The molecule has 8 heteroatoms. The highest BCUT2D eigenvalue weighted by atomic mass is 16.5. The molecular weight excluding hydrogens is 336 g/mol. The number of amides is 4. The van der Waals surface area contributed by atoms with Crippen LogP contribution in [-0.2, 0) is 4.79 Å². The molecule has 4 amide bonds. The summed E-state index contributed by atoms with van der Waals surface area (Å²) < 4.78 is 5.31. The van der Waals surface area contributed by atoms with Gasteiger partial charge < -0.3 is 25.2 Å². The Kier molecular flexibility index (Phi) is 4.76. The first-order valence-electron chi connectivity index (χ1n) is 8.66. The molecule has 0 saturated carbocycles. The summed E-state index contributed by atoms with van der Waals surface area (Å²) in [5.74, 6) is 0.203. The minimum absolute atomic E-state index is 0.0150. The van der Waals surface area contributed by atoms with Crippen molar-refractivity contribution in [1.29, 1.82) is 0 Å². The largest absolute Gasteiger partial charge is 0.482 e. The lowest BCUT2D eigenvalue weighted by Gasteiger charge is -2.36. The first-order chi connectivity index (χ1) is 12.2. The molecule has 0 spiro atoms. The molecule has 1 saturated heterocycles. The molecule has 0 unspecified atom stereocenters. The highest BCUT2D eigenvalue weighted by molar-refractivity contribution is 6.00. The van der Waals surface area contributed by atoms with E-state index in [9.17, 15) is 14.4 Å². The van der Waals surface area contributed by atoms with Crippen LogP contribution in [0.25, 0.3) is 0 Å². The van der Waals surface area contributed by atoms with Gasteiger partial charge in [0.1, 0.15) is 5.75 Å². The number of rotatable bonds is 1.